The zero-order valence-corrected chi connectivity index (χ0v) is 16.4. The molecule has 1 fully saturated rings. The molecule has 6 heteroatoms. The van der Waals surface area contributed by atoms with Crippen molar-refractivity contribution in [2.75, 3.05) is 19.8 Å². The van der Waals surface area contributed by atoms with E-state index in [9.17, 15) is 4.79 Å². The van der Waals surface area contributed by atoms with Crippen LogP contribution >= 0.6 is 0 Å². The predicted octanol–water partition coefficient (Wildman–Crippen LogP) is 3.75. The van der Waals surface area contributed by atoms with E-state index < -0.39 is 13.8 Å². The van der Waals surface area contributed by atoms with Crippen molar-refractivity contribution >= 4 is 14.6 Å². The number of hydrogen-bond acceptors (Lipinski definition) is 5. The van der Waals surface area contributed by atoms with Crippen LogP contribution in [0.5, 0.6) is 0 Å². The van der Waals surface area contributed by atoms with E-state index in [2.05, 4.69) is 11.9 Å². The summed E-state index contributed by atoms with van der Waals surface area (Å²) in [5.74, 6) is 0.304. The van der Waals surface area contributed by atoms with E-state index in [1.165, 1.54) is 0 Å². The van der Waals surface area contributed by atoms with E-state index in [4.69, 9.17) is 13.6 Å². The van der Waals surface area contributed by atoms with Crippen LogP contribution < -0.4 is 0 Å². The molecule has 1 heterocycles. The van der Waals surface area contributed by atoms with Crippen molar-refractivity contribution in [3.8, 4) is 0 Å². The third-order valence-corrected chi connectivity index (χ3v) is 9.59. The molecule has 1 saturated heterocycles. The minimum atomic E-state index is -2.68. The Hall–Kier alpha value is -0.523. The van der Waals surface area contributed by atoms with Gasteiger partial charge in [-0.3, -0.25) is 0 Å². The summed E-state index contributed by atoms with van der Waals surface area (Å²) < 4.78 is 19.1. The predicted molar refractivity (Wildman–Crippen MR) is 93.4 cm³/mol. The van der Waals surface area contributed by atoms with Gasteiger partial charge < -0.3 is 13.6 Å². The van der Waals surface area contributed by atoms with Crippen molar-refractivity contribution in [2.24, 2.45) is 10.9 Å². The van der Waals surface area contributed by atoms with Gasteiger partial charge in [0.15, 0.2) is 0 Å². The molecule has 0 radical (unpaired) electrons. The van der Waals surface area contributed by atoms with Crippen LogP contribution in [0.4, 0.5) is 0 Å². The monoisotopic (exact) mass is 343 g/mol. The molecule has 0 saturated carbocycles. The van der Waals surface area contributed by atoms with Crippen molar-refractivity contribution < 1.29 is 18.4 Å². The van der Waals surface area contributed by atoms with Gasteiger partial charge in [0.05, 0.1) is 6.04 Å². The standard InChI is InChI=1S/C17H33NO4Si/c1-6-11-16-12-10-13-23(21-8-3,22-9-4)17(16,20-7-2)15(5)18-14-19/h15-16H,6-13H2,1-5H3. The van der Waals surface area contributed by atoms with E-state index in [-0.39, 0.29) is 6.04 Å². The average Bonchev–Trinajstić information content (AvgIpc) is 2.52. The van der Waals surface area contributed by atoms with Crippen LogP contribution in [0.1, 0.15) is 60.3 Å². The number of carbonyl (C=O) groups excluding carboxylic acids is 1. The third-order valence-electron chi connectivity index (χ3n) is 4.90. The molecule has 0 aromatic heterocycles. The maximum Gasteiger partial charge on any atom is 0.373 e. The first-order valence-electron chi connectivity index (χ1n) is 9.07. The Kier molecular flexibility index (Phi) is 8.65. The Morgan fingerprint density at radius 1 is 1.22 bits per heavy atom. The smallest absolute Gasteiger partial charge is 0.373 e. The quantitative estimate of drug-likeness (QED) is 0.344. The summed E-state index contributed by atoms with van der Waals surface area (Å²) in [5.41, 5.74) is 0. The van der Waals surface area contributed by atoms with Gasteiger partial charge in [0.25, 0.3) is 0 Å². The van der Waals surface area contributed by atoms with Crippen molar-refractivity contribution in [1.82, 2.24) is 0 Å². The number of isocyanates is 1. The Bertz CT molecular complexity index is 387. The molecule has 0 bridgehead atoms. The minimum Gasteiger partial charge on any atom is -0.393 e. The molecule has 1 aliphatic heterocycles. The summed E-state index contributed by atoms with van der Waals surface area (Å²) in [6, 6.07) is 0.592. The fraction of sp³-hybridized carbons (Fsp3) is 0.941. The Morgan fingerprint density at radius 3 is 2.35 bits per heavy atom. The normalized spacial score (nSPS) is 28.1. The maximum absolute atomic E-state index is 11.0. The van der Waals surface area contributed by atoms with Crippen LogP contribution in [-0.4, -0.2) is 45.7 Å². The number of nitrogens with zero attached hydrogens (tertiary/aromatic N) is 1. The molecule has 23 heavy (non-hydrogen) atoms. The first-order chi connectivity index (χ1) is 11.1. The van der Waals surface area contributed by atoms with Crippen molar-refractivity contribution in [2.45, 2.75) is 77.6 Å². The fourth-order valence-electron chi connectivity index (χ4n) is 4.31. The summed E-state index contributed by atoms with van der Waals surface area (Å²) in [6.07, 6.45) is 6.00. The molecule has 0 spiro atoms. The Morgan fingerprint density at radius 2 is 1.87 bits per heavy atom. The van der Waals surface area contributed by atoms with Crippen LogP contribution in [0.25, 0.3) is 0 Å². The lowest BCUT2D eigenvalue weighted by Crippen LogP contribution is -2.73. The van der Waals surface area contributed by atoms with Gasteiger partial charge in [0.2, 0.25) is 6.08 Å². The number of ether oxygens (including phenoxy) is 1. The largest absolute Gasteiger partial charge is 0.393 e. The lowest BCUT2D eigenvalue weighted by molar-refractivity contribution is -0.0880. The topological polar surface area (TPSA) is 57.1 Å². The van der Waals surface area contributed by atoms with Crippen molar-refractivity contribution in [3.63, 3.8) is 0 Å². The summed E-state index contributed by atoms with van der Waals surface area (Å²) in [5, 5.41) is -0.612. The zero-order valence-electron chi connectivity index (χ0n) is 15.4. The third kappa shape index (κ3) is 3.94. The molecule has 3 unspecified atom stereocenters. The lowest BCUT2D eigenvalue weighted by atomic mass is 9.87. The van der Waals surface area contributed by atoms with Gasteiger partial charge in [-0.15, -0.1) is 0 Å². The minimum absolute atomic E-state index is 0.304. The molecule has 5 nitrogen and oxygen atoms in total. The van der Waals surface area contributed by atoms with Crippen LogP contribution in [0.2, 0.25) is 6.04 Å². The van der Waals surface area contributed by atoms with Gasteiger partial charge >= 0.3 is 8.56 Å². The fourth-order valence-corrected chi connectivity index (χ4v) is 9.10. The highest BCUT2D eigenvalue weighted by molar-refractivity contribution is 6.71. The highest BCUT2D eigenvalue weighted by Crippen LogP contribution is 2.49. The summed E-state index contributed by atoms with van der Waals surface area (Å²) in [6.45, 7) is 11.9. The Balaban J connectivity index is 3.48. The molecular formula is C17H33NO4Si. The van der Waals surface area contributed by atoms with Gasteiger partial charge in [-0.05, 0) is 52.5 Å². The Labute approximate surface area is 142 Å². The SMILES string of the molecule is CCCC1CCC[Si](OCC)(OCC)C1(OCC)C(C)N=C=O. The van der Waals surface area contributed by atoms with Crippen LogP contribution in [0.15, 0.2) is 4.99 Å². The van der Waals surface area contributed by atoms with Gasteiger partial charge in [-0.2, -0.15) is 4.99 Å². The highest BCUT2D eigenvalue weighted by atomic mass is 28.4. The summed E-state index contributed by atoms with van der Waals surface area (Å²) in [4.78, 5) is 15.1. The number of hydrogen-bond donors (Lipinski definition) is 0. The molecule has 0 amide bonds. The van der Waals surface area contributed by atoms with Gasteiger partial charge in [-0.1, -0.05) is 19.8 Å². The molecule has 134 valence electrons. The molecule has 0 aromatic rings. The molecule has 0 N–H and O–H groups in total. The molecule has 0 aliphatic carbocycles. The van der Waals surface area contributed by atoms with Crippen LogP contribution in [-0.2, 0) is 18.4 Å². The molecule has 0 aromatic carbocycles. The molecule has 1 rings (SSSR count). The van der Waals surface area contributed by atoms with Crippen molar-refractivity contribution in [1.29, 1.82) is 0 Å². The van der Waals surface area contributed by atoms with E-state index >= 15 is 0 Å². The first kappa shape index (κ1) is 20.5. The van der Waals surface area contributed by atoms with Crippen LogP contribution in [0, 0.1) is 5.92 Å². The molecule has 1 aliphatic rings. The lowest BCUT2D eigenvalue weighted by Gasteiger charge is -2.55. The van der Waals surface area contributed by atoms with E-state index in [1.807, 2.05) is 27.7 Å². The molecular weight excluding hydrogens is 310 g/mol. The van der Waals surface area contributed by atoms with E-state index in [1.54, 1.807) is 6.08 Å². The van der Waals surface area contributed by atoms with E-state index in [0.717, 1.165) is 31.7 Å². The second-order valence-electron chi connectivity index (χ2n) is 6.12. The number of rotatable bonds is 10. The average molecular weight is 344 g/mol. The van der Waals surface area contributed by atoms with Gasteiger partial charge in [0.1, 0.15) is 5.22 Å². The summed E-state index contributed by atoms with van der Waals surface area (Å²) >= 11 is 0. The summed E-state index contributed by atoms with van der Waals surface area (Å²) in [7, 11) is -2.68. The van der Waals surface area contributed by atoms with Crippen molar-refractivity contribution in [3.05, 3.63) is 0 Å². The van der Waals surface area contributed by atoms with Crippen LogP contribution in [0.3, 0.4) is 0 Å². The second kappa shape index (κ2) is 9.70. The van der Waals surface area contributed by atoms with Gasteiger partial charge in [-0.25, -0.2) is 4.79 Å². The highest BCUT2D eigenvalue weighted by Gasteiger charge is 2.66. The maximum atomic E-state index is 11.0. The van der Waals surface area contributed by atoms with Gasteiger partial charge in [0, 0.05) is 19.8 Å². The zero-order chi connectivity index (χ0) is 17.3. The first-order valence-corrected chi connectivity index (χ1v) is 11.1. The molecule has 3 atom stereocenters. The van der Waals surface area contributed by atoms with E-state index in [0.29, 0.717) is 25.7 Å². The number of aliphatic imine (C=N–C) groups is 1. The second-order valence-corrected chi connectivity index (χ2v) is 9.48.